The van der Waals surface area contributed by atoms with Crippen molar-refractivity contribution in [1.82, 2.24) is 4.98 Å². The monoisotopic (exact) mass is 212 g/mol. The van der Waals surface area contributed by atoms with Gasteiger partial charge in [0.1, 0.15) is 11.8 Å². The smallest absolute Gasteiger partial charge is 0.141 e. The van der Waals surface area contributed by atoms with E-state index in [0.29, 0.717) is 12.1 Å². The summed E-state index contributed by atoms with van der Waals surface area (Å²) in [4.78, 5) is 4.19. The van der Waals surface area contributed by atoms with Crippen molar-refractivity contribution in [2.75, 3.05) is 0 Å². The number of aliphatic hydroxyl groups excluding tert-OH is 1. The molecule has 2 aromatic rings. The van der Waals surface area contributed by atoms with E-state index in [4.69, 9.17) is 5.26 Å². The number of nitrogens with zero attached hydrogens (tertiary/aromatic N) is 2. The number of aromatic nitrogens is 1. The molecule has 1 N–H and O–H groups in total. The van der Waals surface area contributed by atoms with Crippen LogP contribution in [0.2, 0.25) is 0 Å². The van der Waals surface area contributed by atoms with Crippen LogP contribution in [0.1, 0.15) is 18.2 Å². The summed E-state index contributed by atoms with van der Waals surface area (Å²) in [5, 5.41) is 19.0. The molecule has 1 aromatic heterocycles. The molecule has 0 saturated carbocycles. The Morgan fingerprint density at radius 1 is 1.38 bits per heavy atom. The summed E-state index contributed by atoms with van der Waals surface area (Å²) >= 11 is 0. The molecule has 2 rings (SSSR count). The van der Waals surface area contributed by atoms with Crippen molar-refractivity contribution in [3.63, 3.8) is 0 Å². The van der Waals surface area contributed by atoms with Gasteiger partial charge in [-0.2, -0.15) is 5.26 Å². The van der Waals surface area contributed by atoms with Crippen molar-refractivity contribution in [3.05, 3.63) is 41.6 Å². The molecule has 1 atom stereocenters. The molecule has 1 aromatic carbocycles. The number of benzene rings is 1. The molecule has 1 heterocycles. The maximum Gasteiger partial charge on any atom is 0.141 e. The zero-order valence-electron chi connectivity index (χ0n) is 9.01. The summed E-state index contributed by atoms with van der Waals surface area (Å²) in [7, 11) is 0. The van der Waals surface area contributed by atoms with Crippen LogP contribution in [0.25, 0.3) is 10.9 Å². The van der Waals surface area contributed by atoms with Crippen molar-refractivity contribution in [1.29, 1.82) is 5.26 Å². The average Bonchev–Trinajstić information content (AvgIpc) is 2.27. The van der Waals surface area contributed by atoms with Gasteiger partial charge in [0.05, 0.1) is 11.6 Å². The third-order valence-electron chi connectivity index (χ3n) is 2.40. The second-order valence-corrected chi connectivity index (χ2v) is 3.89. The van der Waals surface area contributed by atoms with E-state index in [0.717, 1.165) is 16.5 Å². The molecule has 3 heteroatoms. The van der Waals surface area contributed by atoms with E-state index in [1.807, 2.05) is 30.3 Å². The van der Waals surface area contributed by atoms with Gasteiger partial charge >= 0.3 is 0 Å². The van der Waals surface area contributed by atoms with Gasteiger partial charge in [0.25, 0.3) is 0 Å². The second kappa shape index (κ2) is 4.30. The maximum absolute atomic E-state index is 9.30. The zero-order chi connectivity index (χ0) is 11.5. The Morgan fingerprint density at radius 3 is 2.88 bits per heavy atom. The van der Waals surface area contributed by atoms with E-state index < -0.39 is 0 Å². The minimum atomic E-state index is -0.344. The van der Waals surface area contributed by atoms with E-state index in [-0.39, 0.29) is 6.10 Å². The molecular weight excluding hydrogens is 200 g/mol. The van der Waals surface area contributed by atoms with Crippen LogP contribution in [0.15, 0.2) is 30.3 Å². The molecule has 3 nitrogen and oxygen atoms in total. The van der Waals surface area contributed by atoms with E-state index >= 15 is 0 Å². The fraction of sp³-hybridized carbons (Fsp3) is 0.231. The molecule has 80 valence electrons. The minimum absolute atomic E-state index is 0.344. The van der Waals surface area contributed by atoms with Crippen LogP contribution in [0.5, 0.6) is 0 Å². The first kappa shape index (κ1) is 10.6. The summed E-state index contributed by atoms with van der Waals surface area (Å²) in [6.07, 6.45) is 0.291. The number of nitriles is 1. The summed E-state index contributed by atoms with van der Waals surface area (Å²) in [5.74, 6) is 0. The van der Waals surface area contributed by atoms with Crippen LogP contribution in [0.4, 0.5) is 0 Å². The molecule has 0 radical (unpaired) electrons. The molecule has 0 amide bonds. The van der Waals surface area contributed by atoms with Gasteiger partial charge in [0.2, 0.25) is 0 Å². The largest absolute Gasteiger partial charge is 0.393 e. The van der Waals surface area contributed by atoms with Crippen LogP contribution in [0.3, 0.4) is 0 Å². The summed E-state index contributed by atoms with van der Waals surface area (Å²) in [5.41, 5.74) is 2.32. The number of rotatable bonds is 2. The number of hydrogen-bond donors (Lipinski definition) is 1. The molecule has 1 unspecified atom stereocenters. The fourth-order valence-corrected chi connectivity index (χ4v) is 1.71. The summed E-state index contributed by atoms with van der Waals surface area (Å²) < 4.78 is 0. The Labute approximate surface area is 94.0 Å². The predicted octanol–water partition coefficient (Wildman–Crippen LogP) is 2.03. The molecule has 0 fully saturated rings. The lowest BCUT2D eigenvalue weighted by Gasteiger charge is -2.05. The van der Waals surface area contributed by atoms with E-state index in [1.54, 1.807) is 13.0 Å². The first-order valence-electron chi connectivity index (χ1n) is 5.17. The molecule has 0 aliphatic rings. The average molecular weight is 212 g/mol. The maximum atomic E-state index is 9.30. The first-order chi connectivity index (χ1) is 7.69. The Kier molecular flexibility index (Phi) is 2.84. The lowest BCUT2D eigenvalue weighted by molar-refractivity contribution is 0.195. The number of aliphatic hydroxyl groups is 1. The topological polar surface area (TPSA) is 56.9 Å². The molecule has 16 heavy (non-hydrogen) atoms. The van der Waals surface area contributed by atoms with Crippen molar-refractivity contribution >= 4 is 10.9 Å². The van der Waals surface area contributed by atoms with Gasteiger partial charge in [-0.25, -0.2) is 4.98 Å². The van der Waals surface area contributed by atoms with Crippen molar-refractivity contribution < 1.29 is 5.11 Å². The SMILES string of the molecule is CC(O)Cc1ccc2nc(C#N)ccc2c1. The van der Waals surface area contributed by atoms with Crippen molar-refractivity contribution in [3.8, 4) is 6.07 Å². The third kappa shape index (κ3) is 2.18. The molecule has 0 saturated heterocycles. The van der Waals surface area contributed by atoms with Gasteiger partial charge in [-0.15, -0.1) is 0 Å². The first-order valence-corrected chi connectivity index (χ1v) is 5.17. The molecule has 0 aliphatic heterocycles. The van der Waals surface area contributed by atoms with Crippen LogP contribution in [-0.4, -0.2) is 16.2 Å². The highest BCUT2D eigenvalue weighted by molar-refractivity contribution is 5.79. The highest BCUT2D eigenvalue weighted by Crippen LogP contribution is 2.15. The Hall–Kier alpha value is -1.92. The lowest BCUT2D eigenvalue weighted by Crippen LogP contribution is -2.03. The summed E-state index contributed by atoms with van der Waals surface area (Å²) in [6, 6.07) is 11.4. The van der Waals surface area contributed by atoms with E-state index in [1.165, 1.54) is 0 Å². The number of hydrogen-bond acceptors (Lipinski definition) is 3. The molecule has 0 spiro atoms. The Morgan fingerprint density at radius 2 is 2.19 bits per heavy atom. The van der Waals surface area contributed by atoms with Gasteiger partial charge in [-0.05, 0) is 43.2 Å². The van der Waals surface area contributed by atoms with Crippen LogP contribution in [0, 0.1) is 11.3 Å². The number of pyridine rings is 1. The fourth-order valence-electron chi connectivity index (χ4n) is 1.71. The van der Waals surface area contributed by atoms with Gasteiger partial charge in [0, 0.05) is 5.39 Å². The minimum Gasteiger partial charge on any atom is -0.393 e. The van der Waals surface area contributed by atoms with Crippen molar-refractivity contribution in [2.24, 2.45) is 0 Å². The lowest BCUT2D eigenvalue weighted by atomic mass is 10.1. The summed E-state index contributed by atoms with van der Waals surface area (Å²) in [6.45, 7) is 1.77. The van der Waals surface area contributed by atoms with Crippen LogP contribution < -0.4 is 0 Å². The van der Waals surface area contributed by atoms with Crippen LogP contribution >= 0.6 is 0 Å². The highest BCUT2D eigenvalue weighted by atomic mass is 16.3. The van der Waals surface area contributed by atoms with Gasteiger partial charge in [0.15, 0.2) is 0 Å². The van der Waals surface area contributed by atoms with Crippen molar-refractivity contribution in [2.45, 2.75) is 19.4 Å². The number of fused-ring (bicyclic) bond motifs is 1. The predicted molar refractivity (Wildman–Crippen MR) is 61.8 cm³/mol. The van der Waals surface area contributed by atoms with Gasteiger partial charge < -0.3 is 5.11 Å². The molecule has 0 aliphatic carbocycles. The molecule has 0 bridgehead atoms. The van der Waals surface area contributed by atoms with Gasteiger partial charge in [-0.1, -0.05) is 6.07 Å². The van der Waals surface area contributed by atoms with E-state index in [9.17, 15) is 5.11 Å². The molecular formula is C13H12N2O. The normalized spacial score (nSPS) is 12.3. The van der Waals surface area contributed by atoms with Crippen LogP contribution in [-0.2, 0) is 6.42 Å². The zero-order valence-corrected chi connectivity index (χ0v) is 9.01. The standard InChI is InChI=1S/C13H12N2O/c1-9(16)6-10-2-5-13-11(7-10)3-4-12(8-14)15-13/h2-5,7,9,16H,6H2,1H3. The van der Waals surface area contributed by atoms with Gasteiger partial charge in [-0.3, -0.25) is 0 Å². The third-order valence-corrected chi connectivity index (χ3v) is 2.40. The second-order valence-electron chi connectivity index (χ2n) is 3.89. The highest BCUT2D eigenvalue weighted by Gasteiger charge is 2.02. The van der Waals surface area contributed by atoms with E-state index in [2.05, 4.69) is 4.98 Å². The quantitative estimate of drug-likeness (QED) is 0.828. The Bertz CT molecular complexity index is 555. The Balaban J connectivity index is 2.44.